The van der Waals surface area contributed by atoms with Crippen molar-refractivity contribution in [1.29, 1.82) is 0 Å². The molecule has 1 heterocycles. The lowest BCUT2D eigenvalue weighted by atomic mass is 10.2. The molecule has 0 atom stereocenters. The number of thioether (sulfide) groups is 2. The average molecular weight is 477 g/mol. The van der Waals surface area contributed by atoms with Crippen molar-refractivity contribution in [2.24, 2.45) is 4.99 Å². The van der Waals surface area contributed by atoms with Crippen molar-refractivity contribution >= 4 is 51.0 Å². The second-order valence-corrected chi connectivity index (χ2v) is 9.95. The highest BCUT2D eigenvalue weighted by atomic mass is 32.2. The predicted molar refractivity (Wildman–Crippen MR) is 134 cm³/mol. The summed E-state index contributed by atoms with van der Waals surface area (Å²) in [5.74, 6) is 4.16. The molecule has 0 fully saturated rings. The number of ether oxygens (including phenoxy) is 2. The molecule has 0 saturated carbocycles. The average Bonchev–Trinajstić information content (AvgIpc) is 3.12. The Kier molecular flexibility index (Phi) is 9.36. The Balaban J connectivity index is 1.70. The van der Waals surface area contributed by atoms with Gasteiger partial charge in [0.05, 0.1) is 24.4 Å². The van der Waals surface area contributed by atoms with Crippen LogP contribution in [0.15, 0.2) is 47.5 Å². The molecule has 8 heteroatoms. The predicted octanol–water partition coefficient (Wildman–Crippen LogP) is 5.22. The molecule has 0 N–H and O–H groups in total. The molecule has 31 heavy (non-hydrogen) atoms. The van der Waals surface area contributed by atoms with E-state index >= 15 is 0 Å². The van der Waals surface area contributed by atoms with Crippen LogP contribution >= 0.6 is 34.9 Å². The van der Waals surface area contributed by atoms with Crippen LogP contribution in [0.1, 0.15) is 18.4 Å². The molecular formula is C23H28N2O3S3. The fourth-order valence-corrected chi connectivity index (χ4v) is 5.50. The first-order chi connectivity index (χ1) is 15.2. The van der Waals surface area contributed by atoms with E-state index in [4.69, 9.17) is 9.47 Å². The van der Waals surface area contributed by atoms with Crippen LogP contribution in [0.5, 0.6) is 11.5 Å². The first-order valence-corrected chi connectivity index (χ1v) is 13.5. The molecule has 1 aromatic heterocycles. The van der Waals surface area contributed by atoms with Gasteiger partial charge in [0, 0.05) is 36.6 Å². The minimum atomic E-state index is -0.0660. The normalized spacial score (nSPS) is 11.8. The van der Waals surface area contributed by atoms with E-state index in [1.807, 2.05) is 30.0 Å². The van der Waals surface area contributed by atoms with Crippen LogP contribution in [0.25, 0.3) is 10.2 Å². The Morgan fingerprint density at radius 1 is 1.10 bits per heavy atom. The van der Waals surface area contributed by atoms with Crippen molar-refractivity contribution in [1.82, 2.24) is 4.57 Å². The highest BCUT2D eigenvalue weighted by Crippen LogP contribution is 2.33. The molecule has 3 aromatic rings. The van der Waals surface area contributed by atoms with E-state index < -0.39 is 0 Å². The summed E-state index contributed by atoms with van der Waals surface area (Å²) < 4.78 is 14.0. The fraction of sp³-hybridized carbons (Fsp3) is 0.391. The summed E-state index contributed by atoms with van der Waals surface area (Å²) >= 11 is 5.14. The molecule has 0 radical (unpaired) electrons. The number of amides is 1. The summed E-state index contributed by atoms with van der Waals surface area (Å²) in [6.45, 7) is 0.787. The van der Waals surface area contributed by atoms with E-state index in [0.717, 1.165) is 45.2 Å². The van der Waals surface area contributed by atoms with E-state index in [9.17, 15) is 4.79 Å². The van der Waals surface area contributed by atoms with Gasteiger partial charge in [0.1, 0.15) is 0 Å². The van der Waals surface area contributed by atoms with Gasteiger partial charge in [-0.05, 0) is 24.0 Å². The Bertz CT molecular complexity index is 1060. The molecule has 1 amide bonds. The molecule has 166 valence electrons. The minimum absolute atomic E-state index is 0.0660. The molecule has 0 bridgehead atoms. The number of fused-ring (bicyclic) bond motifs is 1. The van der Waals surface area contributed by atoms with Crippen LogP contribution in [0.4, 0.5) is 0 Å². The highest BCUT2D eigenvalue weighted by molar-refractivity contribution is 7.98. The summed E-state index contributed by atoms with van der Waals surface area (Å²) in [4.78, 5) is 17.8. The van der Waals surface area contributed by atoms with Gasteiger partial charge in [-0.1, -0.05) is 41.7 Å². The maximum Gasteiger partial charge on any atom is 0.248 e. The van der Waals surface area contributed by atoms with Gasteiger partial charge in [-0.2, -0.15) is 28.5 Å². The van der Waals surface area contributed by atoms with Gasteiger partial charge < -0.3 is 14.0 Å². The van der Waals surface area contributed by atoms with E-state index in [2.05, 4.69) is 40.1 Å². The van der Waals surface area contributed by atoms with Crippen molar-refractivity contribution in [3.8, 4) is 11.5 Å². The Morgan fingerprint density at radius 2 is 1.84 bits per heavy atom. The number of nitrogens with zero attached hydrogens (tertiary/aromatic N) is 2. The standard InChI is InChI=1S/C23H28N2O3S3/c1-27-19-14-18-21(15-20(19)28-2)31-23(25(18)11-13-29-3)24-22(26)10-7-12-30-16-17-8-5-4-6-9-17/h4-6,8-9,14-15H,7,10-13,16H2,1-3H3. The zero-order valence-electron chi connectivity index (χ0n) is 18.1. The lowest BCUT2D eigenvalue weighted by molar-refractivity contribution is -0.118. The van der Waals surface area contributed by atoms with Gasteiger partial charge in [-0.3, -0.25) is 4.79 Å². The number of hydrogen-bond acceptors (Lipinski definition) is 6. The first-order valence-electron chi connectivity index (χ1n) is 10.1. The topological polar surface area (TPSA) is 52.8 Å². The van der Waals surface area contributed by atoms with Gasteiger partial charge in [-0.15, -0.1) is 0 Å². The first kappa shape index (κ1) is 23.8. The van der Waals surface area contributed by atoms with Crippen LogP contribution in [0, 0.1) is 0 Å². The van der Waals surface area contributed by atoms with Crippen molar-refractivity contribution in [2.45, 2.75) is 25.1 Å². The third kappa shape index (κ3) is 6.54. The molecule has 2 aromatic carbocycles. The summed E-state index contributed by atoms with van der Waals surface area (Å²) in [5, 5.41) is 0. The number of methoxy groups -OCH3 is 2. The maximum absolute atomic E-state index is 12.6. The molecule has 0 saturated heterocycles. The number of aryl methyl sites for hydroxylation is 1. The van der Waals surface area contributed by atoms with Crippen molar-refractivity contribution in [2.75, 3.05) is 32.0 Å². The number of carbonyl (C=O) groups is 1. The molecule has 0 spiro atoms. The summed E-state index contributed by atoms with van der Waals surface area (Å²) in [7, 11) is 3.26. The van der Waals surface area contributed by atoms with Gasteiger partial charge in [0.2, 0.25) is 5.91 Å². The quantitative estimate of drug-likeness (QED) is 0.355. The van der Waals surface area contributed by atoms with Crippen LogP contribution in [0.2, 0.25) is 0 Å². The fourth-order valence-electron chi connectivity index (χ4n) is 3.13. The molecule has 0 aliphatic rings. The molecule has 3 rings (SSSR count). The minimum Gasteiger partial charge on any atom is -0.493 e. The van der Waals surface area contributed by atoms with Gasteiger partial charge in [-0.25, -0.2) is 0 Å². The Morgan fingerprint density at radius 3 is 2.55 bits per heavy atom. The summed E-state index contributed by atoms with van der Waals surface area (Å²) in [5.41, 5.74) is 2.33. The zero-order valence-corrected chi connectivity index (χ0v) is 20.6. The Labute approximate surface area is 195 Å². The van der Waals surface area contributed by atoms with Crippen LogP contribution in [-0.4, -0.2) is 42.5 Å². The number of hydrogen-bond donors (Lipinski definition) is 0. The van der Waals surface area contributed by atoms with E-state index in [1.165, 1.54) is 16.9 Å². The molecule has 0 aliphatic carbocycles. The second-order valence-electron chi connectivity index (χ2n) is 6.85. The molecular weight excluding hydrogens is 448 g/mol. The van der Waals surface area contributed by atoms with E-state index in [1.54, 1.807) is 26.0 Å². The van der Waals surface area contributed by atoms with Crippen LogP contribution < -0.4 is 14.3 Å². The lowest BCUT2D eigenvalue weighted by Crippen LogP contribution is -2.18. The third-order valence-corrected chi connectivity index (χ3v) is 7.47. The van der Waals surface area contributed by atoms with Crippen LogP contribution in [0.3, 0.4) is 0 Å². The second kappa shape index (κ2) is 12.2. The number of rotatable bonds is 11. The Hall–Kier alpha value is -1.90. The number of carbonyl (C=O) groups excluding carboxylic acids is 1. The van der Waals surface area contributed by atoms with Crippen molar-refractivity contribution < 1.29 is 14.3 Å². The molecule has 5 nitrogen and oxygen atoms in total. The molecule has 0 unspecified atom stereocenters. The summed E-state index contributed by atoms with van der Waals surface area (Å²) in [6.07, 6.45) is 3.37. The number of benzene rings is 2. The highest BCUT2D eigenvalue weighted by Gasteiger charge is 2.13. The van der Waals surface area contributed by atoms with Crippen LogP contribution in [-0.2, 0) is 17.1 Å². The van der Waals surface area contributed by atoms with Gasteiger partial charge in [0.25, 0.3) is 0 Å². The van der Waals surface area contributed by atoms with E-state index in [-0.39, 0.29) is 5.91 Å². The van der Waals surface area contributed by atoms with Gasteiger partial charge >= 0.3 is 0 Å². The van der Waals surface area contributed by atoms with Crippen molar-refractivity contribution in [3.63, 3.8) is 0 Å². The zero-order chi connectivity index (χ0) is 22.1. The SMILES string of the molecule is COc1cc2sc(=NC(=O)CCCSCc3ccccc3)n(CCSC)c2cc1OC. The summed E-state index contributed by atoms with van der Waals surface area (Å²) in [6, 6.07) is 14.3. The smallest absolute Gasteiger partial charge is 0.248 e. The van der Waals surface area contributed by atoms with E-state index in [0.29, 0.717) is 17.9 Å². The van der Waals surface area contributed by atoms with Gasteiger partial charge in [0.15, 0.2) is 16.3 Å². The number of thiazole rings is 1. The molecule has 0 aliphatic heterocycles. The maximum atomic E-state index is 12.6. The third-order valence-electron chi connectivity index (χ3n) is 4.72. The lowest BCUT2D eigenvalue weighted by Gasteiger charge is -2.09. The van der Waals surface area contributed by atoms with Crippen molar-refractivity contribution in [3.05, 3.63) is 52.8 Å². The monoisotopic (exact) mass is 476 g/mol. The largest absolute Gasteiger partial charge is 0.493 e. The number of aromatic nitrogens is 1.